The van der Waals surface area contributed by atoms with E-state index in [0.29, 0.717) is 26.2 Å². The molecule has 0 aliphatic carbocycles. The Labute approximate surface area is 144 Å². The predicted octanol–water partition coefficient (Wildman–Crippen LogP) is 1.86. The monoisotopic (exact) mass is 336 g/mol. The number of piperazine rings is 1. The van der Waals surface area contributed by atoms with Crippen molar-refractivity contribution >= 4 is 12.0 Å². The van der Waals surface area contributed by atoms with Crippen molar-refractivity contribution in [2.45, 2.75) is 52.7 Å². The molecule has 0 unspecified atom stereocenters. The summed E-state index contributed by atoms with van der Waals surface area (Å²) in [7, 11) is 0. The molecule has 2 amide bonds. The first-order chi connectivity index (χ1) is 10.9. The van der Waals surface area contributed by atoms with Gasteiger partial charge < -0.3 is 19.9 Å². The SMILES string of the molecule is CC(C)(C)NC(=O)/C(C#N)=C\N1CCN(C(=O)OC(C)(C)C)CC1. The first-order valence-electron chi connectivity index (χ1n) is 8.08. The molecule has 0 spiro atoms. The zero-order chi connectivity index (χ0) is 18.5. The molecule has 1 aliphatic heterocycles. The summed E-state index contributed by atoms with van der Waals surface area (Å²) in [4.78, 5) is 27.6. The summed E-state index contributed by atoms with van der Waals surface area (Å²) < 4.78 is 5.34. The standard InChI is InChI=1S/C17H28N4O3/c1-16(2,3)19-14(22)13(11-18)12-20-7-9-21(10-8-20)15(23)24-17(4,5)6/h12H,7-10H2,1-6H3,(H,19,22)/b13-12-. The molecule has 1 N–H and O–H groups in total. The van der Waals surface area contributed by atoms with Crippen molar-refractivity contribution in [2.75, 3.05) is 26.2 Å². The number of carbonyl (C=O) groups excluding carboxylic acids is 2. The Morgan fingerprint density at radius 1 is 1.08 bits per heavy atom. The van der Waals surface area contributed by atoms with Crippen LogP contribution in [0, 0.1) is 11.3 Å². The lowest BCUT2D eigenvalue weighted by Crippen LogP contribution is -2.48. The van der Waals surface area contributed by atoms with E-state index in [1.165, 1.54) is 0 Å². The van der Waals surface area contributed by atoms with Crippen molar-refractivity contribution < 1.29 is 14.3 Å². The average Bonchev–Trinajstić information content (AvgIpc) is 2.41. The maximum atomic E-state index is 12.1. The normalized spacial score (nSPS) is 16.5. The van der Waals surface area contributed by atoms with Gasteiger partial charge in [0.2, 0.25) is 0 Å². The summed E-state index contributed by atoms with van der Waals surface area (Å²) in [6.07, 6.45) is 1.23. The summed E-state index contributed by atoms with van der Waals surface area (Å²) in [6, 6.07) is 1.94. The lowest BCUT2D eigenvalue weighted by atomic mass is 10.1. The van der Waals surface area contributed by atoms with E-state index in [9.17, 15) is 14.9 Å². The molecule has 0 radical (unpaired) electrons. The molecular weight excluding hydrogens is 308 g/mol. The first-order valence-corrected chi connectivity index (χ1v) is 8.08. The van der Waals surface area contributed by atoms with Crippen LogP contribution in [0.1, 0.15) is 41.5 Å². The van der Waals surface area contributed by atoms with E-state index in [1.807, 2.05) is 52.5 Å². The highest BCUT2D eigenvalue weighted by atomic mass is 16.6. The molecule has 1 rings (SSSR count). The van der Waals surface area contributed by atoms with Gasteiger partial charge in [0.05, 0.1) is 0 Å². The number of hydrogen-bond donors (Lipinski definition) is 1. The van der Waals surface area contributed by atoms with Crippen LogP contribution in [-0.4, -0.2) is 59.1 Å². The lowest BCUT2D eigenvalue weighted by molar-refractivity contribution is -0.118. The number of nitriles is 1. The molecule has 134 valence electrons. The number of carbonyl (C=O) groups is 2. The number of nitrogens with zero attached hydrogens (tertiary/aromatic N) is 3. The number of rotatable bonds is 2. The quantitative estimate of drug-likeness (QED) is 0.614. The summed E-state index contributed by atoms with van der Waals surface area (Å²) in [5.41, 5.74) is -0.856. The Morgan fingerprint density at radius 2 is 1.62 bits per heavy atom. The molecule has 1 heterocycles. The molecule has 7 nitrogen and oxygen atoms in total. The highest BCUT2D eigenvalue weighted by Gasteiger charge is 2.26. The third-order valence-corrected chi connectivity index (χ3v) is 3.13. The molecule has 7 heteroatoms. The minimum atomic E-state index is -0.521. The summed E-state index contributed by atoms with van der Waals surface area (Å²) in [5, 5.41) is 12.0. The largest absolute Gasteiger partial charge is 0.444 e. The highest BCUT2D eigenvalue weighted by molar-refractivity contribution is 5.97. The van der Waals surface area contributed by atoms with E-state index < -0.39 is 11.1 Å². The molecule has 0 aromatic rings. The van der Waals surface area contributed by atoms with Gasteiger partial charge in [0.1, 0.15) is 17.2 Å². The molecule has 1 fully saturated rings. The lowest BCUT2D eigenvalue weighted by Gasteiger charge is -2.35. The number of hydrogen-bond acceptors (Lipinski definition) is 5. The molecule has 1 saturated heterocycles. The van der Waals surface area contributed by atoms with Gasteiger partial charge in [0, 0.05) is 37.9 Å². The van der Waals surface area contributed by atoms with Crippen LogP contribution in [0.2, 0.25) is 0 Å². The average molecular weight is 336 g/mol. The molecular formula is C17H28N4O3. The van der Waals surface area contributed by atoms with E-state index in [-0.39, 0.29) is 17.6 Å². The van der Waals surface area contributed by atoms with Gasteiger partial charge in [-0.25, -0.2) is 4.79 Å². The van der Waals surface area contributed by atoms with Crippen molar-refractivity contribution in [2.24, 2.45) is 0 Å². The minimum absolute atomic E-state index is 0.0654. The number of nitrogens with one attached hydrogen (secondary N) is 1. The second-order valence-corrected chi connectivity index (χ2v) is 7.86. The molecule has 0 aromatic carbocycles. The van der Waals surface area contributed by atoms with E-state index in [4.69, 9.17) is 4.74 Å². The van der Waals surface area contributed by atoms with Gasteiger partial charge in [-0.2, -0.15) is 5.26 Å². The fourth-order valence-electron chi connectivity index (χ4n) is 2.09. The minimum Gasteiger partial charge on any atom is -0.444 e. The Kier molecular flexibility index (Phi) is 6.24. The predicted molar refractivity (Wildman–Crippen MR) is 91.0 cm³/mol. The van der Waals surface area contributed by atoms with E-state index in [0.717, 1.165) is 0 Å². The van der Waals surface area contributed by atoms with Gasteiger partial charge in [-0.3, -0.25) is 4.79 Å². The maximum Gasteiger partial charge on any atom is 0.410 e. The first kappa shape index (κ1) is 19.8. The van der Waals surface area contributed by atoms with Crippen molar-refractivity contribution in [1.29, 1.82) is 5.26 Å². The zero-order valence-electron chi connectivity index (χ0n) is 15.5. The van der Waals surface area contributed by atoms with Crippen molar-refractivity contribution in [3.63, 3.8) is 0 Å². The maximum absolute atomic E-state index is 12.1. The molecule has 0 atom stereocenters. The van der Waals surface area contributed by atoms with Crippen LogP contribution in [0.5, 0.6) is 0 Å². The Balaban J connectivity index is 2.62. The number of amides is 2. The van der Waals surface area contributed by atoms with E-state index >= 15 is 0 Å². The third kappa shape index (κ3) is 6.90. The molecule has 1 aliphatic rings. The van der Waals surface area contributed by atoms with Gasteiger partial charge in [-0.05, 0) is 41.5 Å². The van der Waals surface area contributed by atoms with Crippen LogP contribution in [0.3, 0.4) is 0 Å². The Bertz CT molecular complexity index is 542. The molecule has 24 heavy (non-hydrogen) atoms. The van der Waals surface area contributed by atoms with Gasteiger partial charge in [-0.1, -0.05) is 0 Å². The zero-order valence-corrected chi connectivity index (χ0v) is 15.5. The van der Waals surface area contributed by atoms with Crippen LogP contribution in [0.25, 0.3) is 0 Å². The molecule has 0 bridgehead atoms. The van der Waals surface area contributed by atoms with Crippen LogP contribution < -0.4 is 5.32 Å². The van der Waals surface area contributed by atoms with E-state index in [2.05, 4.69) is 5.32 Å². The van der Waals surface area contributed by atoms with Crippen LogP contribution in [-0.2, 0) is 9.53 Å². The van der Waals surface area contributed by atoms with Crippen molar-refractivity contribution in [1.82, 2.24) is 15.1 Å². The Morgan fingerprint density at radius 3 is 2.04 bits per heavy atom. The topological polar surface area (TPSA) is 85.7 Å². The fourth-order valence-corrected chi connectivity index (χ4v) is 2.09. The number of ether oxygens (including phenoxy) is 1. The van der Waals surface area contributed by atoms with Gasteiger partial charge in [0.15, 0.2) is 0 Å². The van der Waals surface area contributed by atoms with Crippen molar-refractivity contribution in [3.05, 3.63) is 11.8 Å². The van der Waals surface area contributed by atoms with Crippen LogP contribution >= 0.6 is 0 Å². The molecule has 0 aromatic heterocycles. The second kappa shape index (κ2) is 7.56. The van der Waals surface area contributed by atoms with Gasteiger partial charge >= 0.3 is 6.09 Å². The van der Waals surface area contributed by atoms with Gasteiger partial charge in [0.25, 0.3) is 5.91 Å². The second-order valence-electron chi connectivity index (χ2n) is 7.86. The fraction of sp³-hybridized carbons (Fsp3) is 0.706. The third-order valence-electron chi connectivity index (χ3n) is 3.13. The summed E-state index contributed by atoms with van der Waals surface area (Å²) >= 11 is 0. The molecule has 0 saturated carbocycles. The van der Waals surface area contributed by atoms with Gasteiger partial charge in [-0.15, -0.1) is 0 Å². The van der Waals surface area contributed by atoms with Crippen LogP contribution in [0.4, 0.5) is 4.79 Å². The smallest absolute Gasteiger partial charge is 0.410 e. The highest BCUT2D eigenvalue weighted by Crippen LogP contribution is 2.12. The summed E-state index contributed by atoms with van der Waals surface area (Å²) in [5.74, 6) is -0.389. The summed E-state index contributed by atoms with van der Waals surface area (Å²) in [6.45, 7) is 13.2. The van der Waals surface area contributed by atoms with Crippen LogP contribution in [0.15, 0.2) is 11.8 Å². The van der Waals surface area contributed by atoms with E-state index in [1.54, 1.807) is 11.1 Å². The Hall–Kier alpha value is -2.23. The van der Waals surface area contributed by atoms with Crippen molar-refractivity contribution in [3.8, 4) is 6.07 Å².